The number of nitrogens with zero attached hydrogens (tertiary/aromatic N) is 1. The molecule has 2 heteroatoms. The zero-order chi connectivity index (χ0) is 17.0. The Hall–Kier alpha value is -1.83. The van der Waals surface area contributed by atoms with Crippen LogP contribution in [0.4, 0.5) is 0 Å². The van der Waals surface area contributed by atoms with E-state index in [9.17, 15) is 0 Å². The van der Waals surface area contributed by atoms with Crippen molar-refractivity contribution in [2.45, 2.75) is 64.7 Å². The molecular formula is C22H31NO. The molecule has 2 aromatic rings. The standard InChI is InChI=1S/C22H31NO/c1-3-4-5-6-7-8-9-10-14-19-15-13-17-21(24-2)22(19)20-16-11-12-18-23-20/h11-13,15-18H,3-10,14H2,1-2H3. The van der Waals surface area contributed by atoms with Crippen LogP contribution in [0.3, 0.4) is 0 Å². The summed E-state index contributed by atoms with van der Waals surface area (Å²) >= 11 is 0. The number of hydrogen-bond donors (Lipinski definition) is 0. The van der Waals surface area contributed by atoms with Gasteiger partial charge in [-0.25, -0.2) is 0 Å². The third kappa shape index (κ3) is 5.67. The van der Waals surface area contributed by atoms with E-state index >= 15 is 0 Å². The summed E-state index contributed by atoms with van der Waals surface area (Å²) in [7, 11) is 1.74. The molecule has 0 fully saturated rings. The van der Waals surface area contributed by atoms with Crippen molar-refractivity contribution >= 4 is 0 Å². The SMILES string of the molecule is CCCCCCCCCCc1cccc(OC)c1-c1ccccn1. The van der Waals surface area contributed by atoms with E-state index in [0.29, 0.717) is 0 Å². The summed E-state index contributed by atoms with van der Waals surface area (Å²) in [6.45, 7) is 2.27. The van der Waals surface area contributed by atoms with Gasteiger partial charge in [0.15, 0.2) is 0 Å². The van der Waals surface area contributed by atoms with Crippen LogP contribution in [0.2, 0.25) is 0 Å². The van der Waals surface area contributed by atoms with E-state index in [1.165, 1.54) is 56.9 Å². The molecule has 2 nitrogen and oxygen atoms in total. The number of aromatic nitrogens is 1. The van der Waals surface area contributed by atoms with Gasteiger partial charge in [0.05, 0.1) is 12.8 Å². The van der Waals surface area contributed by atoms with Crippen LogP contribution >= 0.6 is 0 Å². The van der Waals surface area contributed by atoms with Crippen molar-refractivity contribution in [1.82, 2.24) is 4.98 Å². The lowest BCUT2D eigenvalue weighted by Crippen LogP contribution is -1.96. The third-order valence-electron chi connectivity index (χ3n) is 4.55. The Balaban J connectivity index is 1.91. The van der Waals surface area contributed by atoms with Crippen molar-refractivity contribution in [3.05, 3.63) is 48.2 Å². The van der Waals surface area contributed by atoms with Crippen LogP contribution in [-0.4, -0.2) is 12.1 Å². The Morgan fingerprint density at radius 3 is 2.25 bits per heavy atom. The van der Waals surface area contributed by atoms with Crippen molar-refractivity contribution in [3.63, 3.8) is 0 Å². The third-order valence-corrected chi connectivity index (χ3v) is 4.55. The number of methoxy groups -OCH3 is 1. The average molecular weight is 325 g/mol. The Kier molecular flexibility index (Phi) is 8.37. The average Bonchev–Trinajstić information content (AvgIpc) is 2.64. The lowest BCUT2D eigenvalue weighted by molar-refractivity contribution is 0.415. The summed E-state index contributed by atoms with van der Waals surface area (Å²) in [5, 5.41) is 0. The quantitative estimate of drug-likeness (QED) is 0.443. The molecule has 0 aliphatic heterocycles. The molecule has 0 aliphatic carbocycles. The highest BCUT2D eigenvalue weighted by Gasteiger charge is 2.12. The zero-order valence-corrected chi connectivity index (χ0v) is 15.3. The molecule has 0 amide bonds. The monoisotopic (exact) mass is 325 g/mol. The van der Waals surface area contributed by atoms with E-state index in [2.05, 4.69) is 30.1 Å². The lowest BCUT2D eigenvalue weighted by Gasteiger charge is -2.13. The van der Waals surface area contributed by atoms with Gasteiger partial charge in [0.25, 0.3) is 0 Å². The molecule has 0 saturated heterocycles. The summed E-state index contributed by atoms with van der Waals surface area (Å²) in [5.41, 5.74) is 3.51. The van der Waals surface area contributed by atoms with Gasteiger partial charge in [0.1, 0.15) is 5.75 Å². The molecule has 1 aromatic carbocycles. The predicted molar refractivity (Wildman–Crippen MR) is 103 cm³/mol. The second kappa shape index (κ2) is 10.9. The summed E-state index contributed by atoms with van der Waals surface area (Å²) in [6, 6.07) is 12.4. The van der Waals surface area contributed by atoms with E-state index in [4.69, 9.17) is 4.74 Å². The smallest absolute Gasteiger partial charge is 0.128 e. The molecule has 0 aliphatic rings. The van der Waals surface area contributed by atoms with Crippen LogP contribution in [0.15, 0.2) is 42.6 Å². The number of aryl methyl sites for hydroxylation is 1. The van der Waals surface area contributed by atoms with Crippen LogP contribution in [0.5, 0.6) is 5.75 Å². The van der Waals surface area contributed by atoms with Crippen LogP contribution in [0.1, 0.15) is 63.9 Å². The Morgan fingerprint density at radius 1 is 0.833 bits per heavy atom. The fourth-order valence-corrected chi connectivity index (χ4v) is 3.21. The largest absolute Gasteiger partial charge is 0.496 e. The minimum absolute atomic E-state index is 0.922. The zero-order valence-electron chi connectivity index (χ0n) is 15.3. The molecule has 0 atom stereocenters. The van der Waals surface area contributed by atoms with Gasteiger partial charge in [-0.3, -0.25) is 4.98 Å². The highest BCUT2D eigenvalue weighted by Crippen LogP contribution is 2.33. The number of rotatable bonds is 11. The van der Waals surface area contributed by atoms with Gasteiger partial charge in [-0.2, -0.15) is 0 Å². The van der Waals surface area contributed by atoms with E-state index in [1.54, 1.807) is 7.11 Å². The Labute approximate surface area is 147 Å². The van der Waals surface area contributed by atoms with Gasteiger partial charge in [-0.15, -0.1) is 0 Å². The van der Waals surface area contributed by atoms with Crippen LogP contribution in [0.25, 0.3) is 11.3 Å². The maximum Gasteiger partial charge on any atom is 0.128 e. The predicted octanol–water partition coefficient (Wildman–Crippen LogP) is 6.44. The first-order valence-electron chi connectivity index (χ1n) is 9.44. The molecule has 0 saturated carbocycles. The first-order chi connectivity index (χ1) is 11.9. The normalized spacial score (nSPS) is 10.8. The second-order valence-electron chi connectivity index (χ2n) is 6.43. The van der Waals surface area contributed by atoms with Crippen molar-refractivity contribution in [3.8, 4) is 17.0 Å². The van der Waals surface area contributed by atoms with Gasteiger partial charge in [0.2, 0.25) is 0 Å². The fraction of sp³-hybridized carbons (Fsp3) is 0.500. The van der Waals surface area contributed by atoms with Crippen LogP contribution < -0.4 is 4.74 Å². The first-order valence-corrected chi connectivity index (χ1v) is 9.44. The maximum absolute atomic E-state index is 5.58. The number of pyridine rings is 1. The summed E-state index contributed by atoms with van der Waals surface area (Å²) in [6.07, 6.45) is 13.7. The minimum atomic E-state index is 0.922. The number of ether oxygens (including phenoxy) is 1. The van der Waals surface area contributed by atoms with Crippen molar-refractivity contribution in [2.75, 3.05) is 7.11 Å². The molecule has 0 bridgehead atoms. The summed E-state index contributed by atoms with van der Waals surface area (Å²) in [5.74, 6) is 0.922. The Morgan fingerprint density at radius 2 is 1.58 bits per heavy atom. The highest BCUT2D eigenvalue weighted by molar-refractivity contribution is 5.71. The summed E-state index contributed by atoms with van der Waals surface area (Å²) in [4.78, 5) is 4.52. The van der Waals surface area contributed by atoms with E-state index in [0.717, 1.165) is 23.4 Å². The molecule has 1 heterocycles. The van der Waals surface area contributed by atoms with Crippen LogP contribution in [-0.2, 0) is 6.42 Å². The first kappa shape index (κ1) is 18.5. The maximum atomic E-state index is 5.58. The molecule has 24 heavy (non-hydrogen) atoms. The number of hydrogen-bond acceptors (Lipinski definition) is 2. The Bertz CT molecular complexity index is 580. The van der Waals surface area contributed by atoms with E-state index in [-0.39, 0.29) is 0 Å². The van der Waals surface area contributed by atoms with Crippen LogP contribution in [0, 0.1) is 0 Å². The van der Waals surface area contributed by atoms with Gasteiger partial charge >= 0.3 is 0 Å². The molecule has 0 unspecified atom stereocenters. The molecule has 0 N–H and O–H groups in total. The molecular weight excluding hydrogens is 294 g/mol. The van der Waals surface area contributed by atoms with Crippen molar-refractivity contribution in [2.24, 2.45) is 0 Å². The highest BCUT2D eigenvalue weighted by atomic mass is 16.5. The van der Waals surface area contributed by atoms with Gasteiger partial charge in [0, 0.05) is 11.8 Å². The minimum Gasteiger partial charge on any atom is -0.496 e. The number of unbranched alkanes of at least 4 members (excludes halogenated alkanes) is 7. The molecule has 2 rings (SSSR count). The number of benzene rings is 1. The van der Waals surface area contributed by atoms with Crippen molar-refractivity contribution in [1.29, 1.82) is 0 Å². The van der Waals surface area contributed by atoms with E-state index in [1.807, 2.05) is 24.4 Å². The molecule has 1 aromatic heterocycles. The topological polar surface area (TPSA) is 22.1 Å². The summed E-state index contributed by atoms with van der Waals surface area (Å²) < 4.78 is 5.58. The molecule has 0 spiro atoms. The lowest BCUT2D eigenvalue weighted by atomic mass is 9.97. The van der Waals surface area contributed by atoms with E-state index < -0.39 is 0 Å². The van der Waals surface area contributed by atoms with Gasteiger partial charge in [-0.1, -0.05) is 70.1 Å². The second-order valence-corrected chi connectivity index (χ2v) is 6.43. The van der Waals surface area contributed by atoms with Gasteiger partial charge < -0.3 is 4.74 Å². The molecule has 0 radical (unpaired) electrons. The fourth-order valence-electron chi connectivity index (χ4n) is 3.21. The van der Waals surface area contributed by atoms with Gasteiger partial charge in [-0.05, 0) is 36.6 Å². The van der Waals surface area contributed by atoms with Crippen molar-refractivity contribution < 1.29 is 4.74 Å². The molecule has 130 valence electrons.